The molecule has 1 aromatic heterocycles. The number of ether oxygens (including phenoxy) is 2. The third kappa shape index (κ3) is 4.25. The van der Waals surface area contributed by atoms with Crippen LogP contribution in [-0.2, 0) is 16.1 Å². The molecule has 4 rings (SSSR count). The van der Waals surface area contributed by atoms with E-state index in [9.17, 15) is 4.79 Å². The summed E-state index contributed by atoms with van der Waals surface area (Å²) in [6.45, 7) is 5.64. The van der Waals surface area contributed by atoms with E-state index in [0.29, 0.717) is 18.9 Å². The lowest BCUT2D eigenvalue weighted by atomic mass is 10.2. The lowest BCUT2D eigenvalue weighted by Gasteiger charge is -2.15. The van der Waals surface area contributed by atoms with Gasteiger partial charge in [0, 0.05) is 31.9 Å². The van der Waals surface area contributed by atoms with Crippen LogP contribution in [0.15, 0.2) is 29.4 Å². The Labute approximate surface area is 168 Å². The topological polar surface area (TPSA) is 81.5 Å². The number of carbonyl (C=O) groups is 1. The quantitative estimate of drug-likeness (QED) is 0.677. The predicted molar refractivity (Wildman–Crippen MR) is 107 cm³/mol. The third-order valence-electron chi connectivity index (χ3n) is 4.83. The SMILES string of the molecule is CCOc1ccc(N2CCn3c(SCC(=O)NC[C@@H]4CCCO4)nnc32)cc1. The van der Waals surface area contributed by atoms with Crippen LogP contribution in [0.4, 0.5) is 11.6 Å². The van der Waals surface area contributed by atoms with Crippen molar-refractivity contribution in [2.75, 3.05) is 37.0 Å². The second kappa shape index (κ2) is 8.83. The van der Waals surface area contributed by atoms with Crippen LogP contribution in [0.3, 0.4) is 0 Å². The molecule has 8 nitrogen and oxygen atoms in total. The molecule has 1 atom stereocenters. The number of nitrogens with one attached hydrogen (secondary N) is 1. The summed E-state index contributed by atoms with van der Waals surface area (Å²) in [5.41, 5.74) is 1.06. The van der Waals surface area contributed by atoms with Crippen molar-refractivity contribution in [3.8, 4) is 5.75 Å². The number of benzene rings is 1. The van der Waals surface area contributed by atoms with E-state index in [0.717, 1.165) is 55.1 Å². The molecular formula is C19H25N5O3S. The number of anilines is 2. The molecule has 9 heteroatoms. The maximum atomic E-state index is 12.1. The Balaban J connectivity index is 1.33. The number of thioether (sulfide) groups is 1. The highest BCUT2D eigenvalue weighted by atomic mass is 32.2. The molecule has 0 bridgehead atoms. The first-order chi connectivity index (χ1) is 13.7. The summed E-state index contributed by atoms with van der Waals surface area (Å²) in [6, 6.07) is 7.99. The van der Waals surface area contributed by atoms with Crippen molar-refractivity contribution in [1.82, 2.24) is 20.1 Å². The predicted octanol–water partition coefficient (Wildman–Crippen LogP) is 2.22. The number of nitrogens with zero attached hydrogens (tertiary/aromatic N) is 4. The minimum atomic E-state index is -0.000726. The van der Waals surface area contributed by atoms with Crippen molar-refractivity contribution in [2.45, 2.75) is 37.6 Å². The van der Waals surface area contributed by atoms with Crippen molar-refractivity contribution >= 4 is 29.3 Å². The molecule has 150 valence electrons. The van der Waals surface area contributed by atoms with Crippen LogP contribution in [0.5, 0.6) is 5.75 Å². The molecule has 1 saturated heterocycles. The maximum absolute atomic E-state index is 12.1. The van der Waals surface area contributed by atoms with Crippen LogP contribution < -0.4 is 15.0 Å². The Hall–Kier alpha value is -2.26. The summed E-state index contributed by atoms with van der Waals surface area (Å²) in [4.78, 5) is 14.2. The Kier molecular flexibility index (Phi) is 6.01. The fourth-order valence-electron chi connectivity index (χ4n) is 3.43. The second-order valence-corrected chi connectivity index (χ2v) is 7.68. The van der Waals surface area contributed by atoms with E-state index in [1.165, 1.54) is 11.8 Å². The lowest BCUT2D eigenvalue weighted by molar-refractivity contribution is -0.119. The van der Waals surface area contributed by atoms with Crippen molar-refractivity contribution in [3.63, 3.8) is 0 Å². The molecule has 1 N–H and O–H groups in total. The van der Waals surface area contributed by atoms with Crippen molar-refractivity contribution in [2.24, 2.45) is 0 Å². The van der Waals surface area contributed by atoms with Gasteiger partial charge >= 0.3 is 0 Å². The van der Waals surface area contributed by atoms with E-state index in [2.05, 4.69) is 25.0 Å². The number of amides is 1. The molecule has 0 aliphatic carbocycles. The third-order valence-corrected chi connectivity index (χ3v) is 5.80. The normalized spacial score (nSPS) is 18.3. The fourth-order valence-corrected chi connectivity index (χ4v) is 4.22. The van der Waals surface area contributed by atoms with Crippen LogP contribution in [0.25, 0.3) is 0 Å². The van der Waals surface area contributed by atoms with Crippen LogP contribution in [0.1, 0.15) is 19.8 Å². The van der Waals surface area contributed by atoms with Gasteiger partial charge in [0.15, 0.2) is 5.16 Å². The highest BCUT2D eigenvalue weighted by molar-refractivity contribution is 7.99. The minimum Gasteiger partial charge on any atom is -0.494 e. The number of carbonyl (C=O) groups excluding carboxylic acids is 1. The molecular weight excluding hydrogens is 378 g/mol. The van der Waals surface area contributed by atoms with Gasteiger partial charge in [0.2, 0.25) is 11.9 Å². The molecule has 0 radical (unpaired) electrons. The average molecular weight is 404 g/mol. The molecule has 3 heterocycles. The Morgan fingerprint density at radius 1 is 1.32 bits per heavy atom. The number of rotatable bonds is 8. The molecule has 1 aromatic carbocycles. The maximum Gasteiger partial charge on any atom is 0.232 e. The van der Waals surface area contributed by atoms with Crippen molar-refractivity contribution < 1.29 is 14.3 Å². The van der Waals surface area contributed by atoms with E-state index in [1.807, 2.05) is 31.2 Å². The molecule has 2 aliphatic heterocycles. The van der Waals surface area contributed by atoms with E-state index >= 15 is 0 Å². The van der Waals surface area contributed by atoms with Crippen molar-refractivity contribution in [1.29, 1.82) is 0 Å². The highest BCUT2D eigenvalue weighted by Gasteiger charge is 2.26. The zero-order valence-corrected chi connectivity index (χ0v) is 16.8. The number of hydrogen-bond donors (Lipinski definition) is 1. The largest absolute Gasteiger partial charge is 0.494 e. The Bertz CT molecular complexity index is 804. The lowest BCUT2D eigenvalue weighted by Crippen LogP contribution is -2.32. The number of aromatic nitrogens is 3. The molecule has 0 spiro atoms. The second-order valence-electron chi connectivity index (χ2n) is 6.74. The van der Waals surface area contributed by atoms with Gasteiger partial charge in [-0.15, -0.1) is 10.2 Å². The van der Waals surface area contributed by atoms with Gasteiger partial charge in [-0.3, -0.25) is 9.36 Å². The van der Waals surface area contributed by atoms with Crippen LogP contribution >= 0.6 is 11.8 Å². The number of hydrogen-bond acceptors (Lipinski definition) is 7. The van der Waals surface area contributed by atoms with Gasteiger partial charge in [0.1, 0.15) is 5.75 Å². The first kappa shape index (κ1) is 19.1. The van der Waals surface area contributed by atoms with Crippen LogP contribution in [0.2, 0.25) is 0 Å². The molecule has 28 heavy (non-hydrogen) atoms. The molecule has 2 aromatic rings. The van der Waals surface area contributed by atoms with Gasteiger partial charge in [-0.1, -0.05) is 11.8 Å². The smallest absolute Gasteiger partial charge is 0.232 e. The molecule has 1 fully saturated rings. The van der Waals surface area contributed by atoms with Crippen LogP contribution in [0, 0.1) is 0 Å². The zero-order valence-electron chi connectivity index (χ0n) is 16.0. The summed E-state index contributed by atoms with van der Waals surface area (Å²) < 4.78 is 13.1. The van der Waals surface area contributed by atoms with Crippen LogP contribution in [-0.4, -0.2) is 58.8 Å². The van der Waals surface area contributed by atoms with E-state index in [1.54, 1.807) is 0 Å². The summed E-state index contributed by atoms with van der Waals surface area (Å²) in [5, 5.41) is 12.3. The van der Waals surface area contributed by atoms with Crippen molar-refractivity contribution in [3.05, 3.63) is 24.3 Å². The molecule has 0 saturated carbocycles. The van der Waals surface area contributed by atoms with Gasteiger partial charge < -0.3 is 19.7 Å². The first-order valence-electron chi connectivity index (χ1n) is 9.69. The highest BCUT2D eigenvalue weighted by Crippen LogP contribution is 2.32. The summed E-state index contributed by atoms with van der Waals surface area (Å²) in [7, 11) is 0. The molecule has 1 amide bonds. The number of fused-ring (bicyclic) bond motifs is 1. The summed E-state index contributed by atoms with van der Waals surface area (Å²) in [5.74, 6) is 2.00. The van der Waals surface area contributed by atoms with Gasteiger partial charge in [0.05, 0.1) is 18.5 Å². The van der Waals surface area contributed by atoms with Gasteiger partial charge in [-0.2, -0.15) is 0 Å². The molecule has 0 unspecified atom stereocenters. The van der Waals surface area contributed by atoms with Gasteiger partial charge in [0.25, 0.3) is 0 Å². The van der Waals surface area contributed by atoms with Gasteiger partial charge in [-0.25, -0.2) is 0 Å². The van der Waals surface area contributed by atoms with E-state index < -0.39 is 0 Å². The summed E-state index contributed by atoms with van der Waals surface area (Å²) in [6.07, 6.45) is 2.26. The van der Waals surface area contributed by atoms with E-state index in [-0.39, 0.29) is 12.0 Å². The summed E-state index contributed by atoms with van der Waals surface area (Å²) >= 11 is 1.42. The minimum absolute atomic E-state index is 0.000726. The Morgan fingerprint density at radius 2 is 2.18 bits per heavy atom. The van der Waals surface area contributed by atoms with Gasteiger partial charge in [-0.05, 0) is 44.0 Å². The Morgan fingerprint density at radius 3 is 2.93 bits per heavy atom. The standard InChI is InChI=1S/C19H25N5O3S/c1-2-26-15-7-5-14(6-8-15)23-9-10-24-18(23)21-22-19(24)28-13-17(25)20-12-16-4-3-11-27-16/h5-8,16H,2-4,9-13H2,1H3,(H,20,25)/t16-/m0/s1. The zero-order chi connectivity index (χ0) is 19.3. The monoisotopic (exact) mass is 403 g/mol. The average Bonchev–Trinajstić information content (AvgIpc) is 3.44. The van der Waals surface area contributed by atoms with E-state index in [4.69, 9.17) is 9.47 Å². The first-order valence-corrected chi connectivity index (χ1v) is 10.7. The molecule has 2 aliphatic rings. The fraction of sp³-hybridized carbons (Fsp3) is 0.526.